The summed E-state index contributed by atoms with van der Waals surface area (Å²) in [5.41, 5.74) is 0. The number of nitrogens with zero attached hydrogens (tertiary/aromatic N) is 4. The number of aromatic nitrogens is 4. The molecule has 3 rings (SSSR count). The van der Waals surface area contributed by atoms with Gasteiger partial charge in [0.1, 0.15) is 16.7 Å². The molecule has 2 aromatic heterocycles. The van der Waals surface area contributed by atoms with Crippen LogP contribution in [0.2, 0.25) is 15.7 Å². The summed E-state index contributed by atoms with van der Waals surface area (Å²) < 4.78 is 18.1. The van der Waals surface area contributed by atoms with E-state index in [2.05, 4.69) is 19.9 Å². The van der Waals surface area contributed by atoms with Gasteiger partial charge in [0.25, 0.3) is 0 Å². The molecule has 0 radical (unpaired) electrons. The summed E-state index contributed by atoms with van der Waals surface area (Å²) in [6, 6.07) is 8.87. The molecule has 0 saturated heterocycles. The van der Waals surface area contributed by atoms with Crippen molar-refractivity contribution in [2.24, 2.45) is 0 Å². The molecule has 0 aliphatic heterocycles. The van der Waals surface area contributed by atoms with Gasteiger partial charge in [0.2, 0.25) is 16.4 Å². The van der Waals surface area contributed by atoms with Crippen LogP contribution in [0.5, 0.6) is 11.6 Å². The van der Waals surface area contributed by atoms with E-state index in [1.807, 2.05) is 0 Å². The molecule has 0 atom stereocenters. The molecule has 0 spiro atoms. The molecule has 0 unspecified atom stereocenters. The molecule has 0 aliphatic rings. The fraction of sp³-hybridized carbons (Fsp3) is 0. The van der Waals surface area contributed by atoms with Crippen LogP contribution in [-0.4, -0.2) is 19.9 Å². The van der Waals surface area contributed by atoms with Gasteiger partial charge >= 0.3 is 0 Å². The second-order valence-corrected chi connectivity index (χ2v) is 4.94. The molecule has 2 heterocycles. The highest BCUT2D eigenvalue weighted by Crippen LogP contribution is 2.20. The van der Waals surface area contributed by atoms with Crippen molar-refractivity contribution in [3.05, 3.63) is 70.3 Å². The molecule has 0 fully saturated rings. The lowest BCUT2D eigenvalue weighted by Crippen LogP contribution is -1.89. The van der Waals surface area contributed by atoms with Gasteiger partial charge in [-0.3, -0.25) is 0 Å². The Morgan fingerprint density at radius 2 is 1.57 bits per heavy atom. The van der Waals surface area contributed by atoms with E-state index in [1.54, 1.807) is 18.2 Å². The second kappa shape index (κ2) is 8.57. The average molecular weight is 374 g/mol. The third-order valence-electron chi connectivity index (χ3n) is 2.21. The lowest BCUT2D eigenvalue weighted by atomic mass is 10.3. The highest BCUT2D eigenvalue weighted by molar-refractivity contribution is 6.31. The first-order valence-electron chi connectivity index (χ1n) is 6.09. The van der Waals surface area contributed by atoms with Crippen LogP contribution < -0.4 is 4.74 Å². The fourth-order valence-electron chi connectivity index (χ4n) is 1.34. The zero-order chi connectivity index (χ0) is 16.7. The molecule has 0 N–H and O–H groups in total. The normalized spacial score (nSPS) is 9.74. The van der Waals surface area contributed by atoms with Gasteiger partial charge in [-0.1, -0.05) is 17.7 Å². The van der Waals surface area contributed by atoms with Crippen LogP contribution in [0.1, 0.15) is 0 Å². The van der Waals surface area contributed by atoms with Gasteiger partial charge < -0.3 is 4.74 Å². The van der Waals surface area contributed by atoms with Crippen molar-refractivity contribution < 1.29 is 9.13 Å². The highest BCUT2D eigenvalue weighted by atomic mass is 35.5. The summed E-state index contributed by atoms with van der Waals surface area (Å²) >= 11 is 16.3. The Bertz CT molecular complexity index is 730. The summed E-state index contributed by atoms with van der Waals surface area (Å²) in [6.07, 6.45) is 2.96. The zero-order valence-corrected chi connectivity index (χ0v) is 13.6. The number of hydrogen-bond donors (Lipinski definition) is 0. The molecule has 0 bridgehead atoms. The Hall–Kier alpha value is -2.02. The van der Waals surface area contributed by atoms with Crippen molar-refractivity contribution in [1.29, 1.82) is 0 Å². The van der Waals surface area contributed by atoms with E-state index < -0.39 is 0 Å². The Balaban J connectivity index is 0.000000203. The Morgan fingerprint density at radius 1 is 0.870 bits per heavy atom. The number of ether oxygens (including phenoxy) is 1. The first-order chi connectivity index (χ1) is 11.0. The lowest BCUT2D eigenvalue weighted by molar-refractivity contribution is 0.457. The molecule has 118 valence electrons. The summed E-state index contributed by atoms with van der Waals surface area (Å²) in [7, 11) is 0. The quantitative estimate of drug-likeness (QED) is 0.475. The largest absolute Gasteiger partial charge is 0.439 e. The van der Waals surface area contributed by atoms with Crippen LogP contribution in [0.15, 0.2) is 48.8 Å². The first kappa shape index (κ1) is 17.3. The predicted molar refractivity (Wildman–Crippen MR) is 85.6 cm³/mol. The number of halogens is 4. The SMILES string of the molecule is Clc1ccnc(Cl)n1.Fc1cccc(Oc2ccnc(Cl)n2)c1. The second-order valence-electron chi connectivity index (χ2n) is 3.87. The summed E-state index contributed by atoms with van der Waals surface area (Å²) in [5.74, 6) is 0.276. The number of hydrogen-bond acceptors (Lipinski definition) is 5. The predicted octanol–water partition coefficient (Wildman–Crippen LogP) is 4.84. The standard InChI is InChI=1S/C10H6ClFN2O.C4H2Cl2N2/c11-10-13-5-4-9(14-10)15-8-3-1-2-7(12)6-8;5-3-1-2-7-4(6)8-3/h1-6H;1-2H. The van der Waals surface area contributed by atoms with Crippen molar-refractivity contribution in [2.75, 3.05) is 0 Å². The van der Waals surface area contributed by atoms with Crippen molar-refractivity contribution >= 4 is 34.8 Å². The summed E-state index contributed by atoms with van der Waals surface area (Å²) in [4.78, 5) is 14.7. The minimum absolute atomic E-state index is 0.0869. The van der Waals surface area contributed by atoms with Gasteiger partial charge in [0.15, 0.2) is 0 Å². The van der Waals surface area contributed by atoms with Gasteiger partial charge in [0.05, 0.1) is 0 Å². The number of benzene rings is 1. The third kappa shape index (κ3) is 6.32. The topological polar surface area (TPSA) is 60.8 Å². The van der Waals surface area contributed by atoms with Crippen LogP contribution in [0.4, 0.5) is 4.39 Å². The maximum Gasteiger partial charge on any atom is 0.225 e. The first-order valence-corrected chi connectivity index (χ1v) is 7.22. The molecule has 3 aromatic rings. The zero-order valence-electron chi connectivity index (χ0n) is 11.3. The highest BCUT2D eigenvalue weighted by Gasteiger charge is 2.00. The van der Waals surface area contributed by atoms with Gasteiger partial charge in [-0.05, 0) is 41.4 Å². The molecule has 9 heteroatoms. The van der Waals surface area contributed by atoms with Crippen LogP contribution in [0.25, 0.3) is 0 Å². The molecule has 1 aromatic carbocycles. The van der Waals surface area contributed by atoms with E-state index in [4.69, 9.17) is 39.5 Å². The lowest BCUT2D eigenvalue weighted by Gasteiger charge is -2.03. The van der Waals surface area contributed by atoms with E-state index in [0.29, 0.717) is 10.9 Å². The Morgan fingerprint density at radius 3 is 2.13 bits per heavy atom. The van der Waals surface area contributed by atoms with Crippen LogP contribution >= 0.6 is 34.8 Å². The Kier molecular flexibility index (Phi) is 6.46. The minimum Gasteiger partial charge on any atom is -0.439 e. The van der Waals surface area contributed by atoms with Crippen LogP contribution in [-0.2, 0) is 0 Å². The van der Waals surface area contributed by atoms with E-state index in [0.717, 1.165) is 0 Å². The maximum absolute atomic E-state index is 12.8. The van der Waals surface area contributed by atoms with E-state index >= 15 is 0 Å². The van der Waals surface area contributed by atoms with Gasteiger partial charge in [-0.15, -0.1) is 0 Å². The number of rotatable bonds is 2. The summed E-state index contributed by atoms with van der Waals surface area (Å²) in [5, 5.41) is 0.631. The molecule has 0 saturated carbocycles. The van der Waals surface area contributed by atoms with Gasteiger partial charge in [-0.25, -0.2) is 19.3 Å². The minimum atomic E-state index is -0.368. The molecule has 5 nitrogen and oxygen atoms in total. The van der Waals surface area contributed by atoms with Crippen molar-refractivity contribution in [3.8, 4) is 11.6 Å². The molecule has 0 amide bonds. The van der Waals surface area contributed by atoms with Gasteiger partial charge in [-0.2, -0.15) is 4.98 Å². The van der Waals surface area contributed by atoms with E-state index in [-0.39, 0.29) is 22.3 Å². The van der Waals surface area contributed by atoms with Crippen LogP contribution in [0, 0.1) is 5.82 Å². The molecular formula is C14H8Cl3FN4O. The Labute approximate surface area is 146 Å². The van der Waals surface area contributed by atoms with Crippen LogP contribution in [0.3, 0.4) is 0 Å². The average Bonchev–Trinajstić information content (AvgIpc) is 2.47. The third-order valence-corrected chi connectivity index (χ3v) is 2.79. The maximum atomic E-state index is 12.8. The molecular weight excluding hydrogens is 366 g/mol. The summed E-state index contributed by atoms with van der Waals surface area (Å²) in [6.45, 7) is 0. The van der Waals surface area contributed by atoms with E-state index in [9.17, 15) is 4.39 Å². The van der Waals surface area contributed by atoms with E-state index in [1.165, 1.54) is 30.6 Å². The molecule has 23 heavy (non-hydrogen) atoms. The fourth-order valence-corrected chi connectivity index (χ4v) is 1.81. The molecule has 0 aliphatic carbocycles. The van der Waals surface area contributed by atoms with Crippen molar-refractivity contribution in [2.45, 2.75) is 0 Å². The van der Waals surface area contributed by atoms with Gasteiger partial charge in [0, 0.05) is 24.5 Å². The van der Waals surface area contributed by atoms with Crippen molar-refractivity contribution in [3.63, 3.8) is 0 Å². The van der Waals surface area contributed by atoms with Crippen molar-refractivity contribution in [1.82, 2.24) is 19.9 Å². The smallest absolute Gasteiger partial charge is 0.225 e. The monoisotopic (exact) mass is 372 g/mol.